The number of aliphatic carboxylic acids is 1. The molecule has 0 fully saturated rings. The largest absolute Gasteiger partial charge is 0.481 e. The minimum absolute atomic E-state index is 0.0138. The van der Waals surface area contributed by atoms with Gasteiger partial charge in [-0.2, -0.15) is 0 Å². The average molecular weight is 295 g/mol. The Morgan fingerprint density at radius 2 is 2.10 bits per heavy atom. The molecular weight excluding hydrogens is 270 g/mol. The highest BCUT2D eigenvalue weighted by atomic mass is 16.4. The standard InChI is InChI=1S/C16H25NO4/c1-2-4-13(6-9-16(19)20)10-11-17-15(18)8-7-14-5-3-12-21-14/h3,5,12-13H,2,4,6-11H2,1H3,(H,17,18)(H,19,20). The van der Waals surface area contributed by atoms with Gasteiger partial charge in [-0.3, -0.25) is 9.59 Å². The SMILES string of the molecule is CCCC(CCNC(=O)CCc1ccco1)CCC(=O)O. The summed E-state index contributed by atoms with van der Waals surface area (Å²) >= 11 is 0. The van der Waals surface area contributed by atoms with Crippen molar-refractivity contribution in [3.8, 4) is 0 Å². The molecular formula is C16H25NO4. The topological polar surface area (TPSA) is 79.5 Å². The molecule has 1 amide bonds. The van der Waals surface area contributed by atoms with E-state index in [1.807, 2.05) is 12.1 Å². The van der Waals surface area contributed by atoms with E-state index in [9.17, 15) is 9.59 Å². The quantitative estimate of drug-likeness (QED) is 0.657. The number of amides is 1. The first kappa shape index (κ1) is 17.3. The summed E-state index contributed by atoms with van der Waals surface area (Å²) in [7, 11) is 0. The van der Waals surface area contributed by atoms with Gasteiger partial charge in [-0.15, -0.1) is 0 Å². The fourth-order valence-corrected chi connectivity index (χ4v) is 2.36. The van der Waals surface area contributed by atoms with Crippen molar-refractivity contribution in [2.45, 2.75) is 51.9 Å². The van der Waals surface area contributed by atoms with Crippen LogP contribution in [0.3, 0.4) is 0 Å². The average Bonchev–Trinajstić information content (AvgIpc) is 2.95. The maximum absolute atomic E-state index is 11.7. The molecule has 0 aromatic carbocycles. The van der Waals surface area contributed by atoms with Crippen molar-refractivity contribution in [3.63, 3.8) is 0 Å². The molecule has 0 bridgehead atoms. The summed E-state index contributed by atoms with van der Waals surface area (Å²) in [5, 5.41) is 11.6. The van der Waals surface area contributed by atoms with E-state index in [0.717, 1.165) is 25.0 Å². The molecule has 1 rings (SSSR count). The molecule has 1 aromatic rings. The van der Waals surface area contributed by atoms with Crippen molar-refractivity contribution in [1.82, 2.24) is 5.32 Å². The molecule has 0 saturated heterocycles. The molecule has 1 atom stereocenters. The van der Waals surface area contributed by atoms with E-state index in [1.165, 1.54) is 0 Å². The Kier molecular flexibility index (Phi) is 8.24. The zero-order valence-corrected chi connectivity index (χ0v) is 12.6. The van der Waals surface area contributed by atoms with Crippen LogP contribution in [0, 0.1) is 5.92 Å². The second-order valence-electron chi connectivity index (χ2n) is 5.31. The van der Waals surface area contributed by atoms with Gasteiger partial charge in [-0.05, 0) is 30.9 Å². The molecule has 0 aliphatic carbocycles. The molecule has 5 nitrogen and oxygen atoms in total. The number of rotatable bonds is 11. The van der Waals surface area contributed by atoms with Gasteiger partial charge < -0.3 is 14.8 Å². The van der Waals surface area contributed by atoms with Crippen LogP contribution in [0.1, 0.15) is 51.2 Å². The predicted molar refractivity (Wildman–Crippen MR) is 79.9 cm³/mol. The lowest BCUT2D eigenvalue weighted by molar-refractivity contribution is -0.137. The van der Waals surface area contributed by atoms with E-state index >= 15 is 0 Å². The van der Waals surface area contributed by atoms with Gasteiger partial charge in [0.15, 0.2) is 0 Å². The summed E-state index contributed by atoms with van der Waals surface area (Å²) in [5.41, 5.74) is 0. The lowest BCUT2D eigenvalue weighted by atomic mass is 9.94. The molecule has 0 spiro atoms. The first-order chi connectivity index (χ1) is 10.1. The zero-order valence-electron chi connectivity index (χ0n) is 12.6. The van der Waals surface area contributed by atoms with E-state index < -0.39 is 5.97 Å². The van der Waals surface area contributed by atoms with Gasteiger partial charge >= 0.3 is 5.97 Å². The fraction of sp³-hybridized carbons (Fsp3) is 0.625. The van der Waals surface area contributed by atoms with E-state index in [1.54, 1.807) is 6.26 Å². The number of carbonyl (C=O) groups excluding carboxylic acids is 1. The lowest BCUT2D eigenvalue weighted by Gasteiger charge is -2.15. The number of carbonyl (C=O) groups is 2. The molecule has 118 valence electrons. The minimum Gasteiger partial charge on any atom is -0.481 e. The number of hydrogen-bond acceptors (Lipinski definition) is 3. The number of aryl methyl sites for hydroxylation is 1. The smallest absolute Gasteiger partial charge is 0.303 e. The number of carboxylic acids is 1. The maximum Gasteiger partial charge on any atom is 0.303 e. The van der Waals surface area contributed by atoms with E-state index in [2.05, 4.69) is 12.2 Å². The highest BCUT2D eigenvalue weighted by molar-refractivity contribution is 5.76. The van der Waals surface area contributed by atoms with E-state index in [-0.39, 0.29) is 12.3 Å². The van der Waals surface area contributed by atoms with Crippen molar-refractivity contribution in [1.29, 1.82) is 0 Å². The summed E-state index contributed by atoms with van der Waals surface area (Å²) in [5.74, 6) is 0.449. The van der Waals surface area contributed by atoms with Crippen LogP contribution in [0.25, 0.3) is 0 Å². The van der Waals surface area contributed by atoms with E-state index in [4.69, 9.17) is 9.52 Å². The Morgan fingerprint density at radius 3 is 2.71 bits per heavy atom. The number of nitrogens with one attached hydrogen (secondary N) is 1. The molecule has 2 N–H and O–H groups in total. The summed E-state index contributed by atoms with van der Waals surface area (Å²) in [6.07, 6.45) is 6.41. The first-order valence-corrected chi connectivity index (χ1v) is 7.62. The third-order valence-electron chi connectivity index (χ3n) is 3.52. The highest BCUT2D eigenvalue weighted by Gasteiger charge is 2.11. The Balaban J connectivity index is 2.16. The molecule has 0 saturated carbocycles. The van der Waals surface area contributed by atoms with Crippen LogP contribution in [0.5, 0.6) is 0 Å². The van der Waals surface area contributed by atoms with E-state index in [0.29, 0.717) is 31.7 Å². The van der Waals surface area contributed by atoms with Gasteiger partial charge in [0.1, 0.15) is 5.76 Å². The molecule has 1 unspecified atom stereocenters. The first-order valence-electron chi connectivity index (χ1n) is 7.62. The molecule has 21 heavy (non-hydrogen) atoms. The van der Waals surface area contributed by atoms with Crippen molar-refractivity contribution >= 4 is 11.9 Å². The summed E-state index contributed by atoms with van der Waals surface area (Å²) in [6, 6.07) is 3.67. The molecule has 1 heterocycles. The molecule has 0 radical (unpaired) electrons. The van der Waals surface area contributed by atoms with Crippen molar-refractivity contribution in [3.05, 3.63) is 24.2 Å². The van der Waals surface area contributed by atoms with Crippen LogP contribution < -0.4 is 5.32 Å². The Bertz CT molecular complexity index is 414. The van der Waals surface area contributed by atoms with Crippen molar-refractivity contribution < 1.29 is 19.1 Å². The van der Waals surface area contributed by atoms with Gasteiger partial charge in [0, 0.05) is 25.8 Å². The van der Waals surface area contributed by atoms with Gasteiger partial charge in [0.2, 0.25) is 5.91 Å². The van der Waals surface area contributed by atoms with Gasteiger partial charge in [-0.25, -0.2) is 0 Å². The monoisotopic (exact) mass is 295 g/mol. The van der Waals surface area contributed by atoms with Crippen LogP contribution in [0.2, 0.25) is 0 Å². The zero-order chi connectivity index (χ0) is 15.5. The number of carboxylic acid groups (broad SMARTS) is 1. The highest BCUT2D eigenvalue weighted by Crippen LogP contribution is 2.17. The van der Waals surface area contributed by atoms with Gasteiger partial charge in [0.25, 0.3) is 0 Å². The van der Waals surface area contributed by atoms with Crippen LogP contribution in [-0.2, 0) is 16.0 Å². The Morgan fingerprint density at radius 1 is 1.29 bits per heavy atom. The maximum atomic E-state index is 11.7. The third kappa shape index (κ3) is 8.17. The lowest BCUT2D eigenvalue weighted by Crippen LogP contribution is -2.26. The molecule has 5 heteroatoms. The normalized spacial score (nSPS) is 12.0. The van der Waals surface area contributed by atoms with Crippen LogP contribution in [-0.4, -0.2) is 23.5 Å². The van der Waals surface area contributed by atoms with Crippen molar-refractivity contribution in [2.24, 2.45) is 5.92 Å². The minimum atomic E-state index is -0.751. The number of hydrogen-bond donors (Lipinski definition) is 2. The van der Waals surface area contributed by atoms with Crippen molar-refractivity contribution in [2.75, 3.05) is 6.54 Å². The Labute approximate surface area is 125 Å². The van der Waals surface area contributed by atoms with Crippen LogP contribution >= 0.6 is 0 Å². The number of furan rings is 1. The summed E-state index contributed by atoms with van der Waals surface area (Å²) in [4.78, 5) is 22.3. The van der Waals surface area contributed by atoms with Crippen LogP contribution in [0.4, 0.5) is 0 Å². The van der Waals surface area contributed by atoms with Crippen LogP contribution in [0.15, 0.2) is 22.8 Å². The molecule has 0 aliphatic rings. The fourth-order valence-electron chi connectivity index (χ4n) is 2.36. The Hall–Kier alpha value is -1.78. The second kappa shape index (κ2) is 10.0. The summed E-state index contributed by atoms with van der Waals surface area (Å²) in [6.45, 7) is 2.71. The second-order valence-corrected chi connectivity index (χ2v) is 5.31. The summed E-state index contributed by atoms with van der Waals surface area (Å²) < 4.78 is 5.18. The van der Waals surface area contributed by atoms with Gasteiger partial charge in [0.05, 0.1) is 6.26 Å². The van der Waals surface area contributed by atoms with Gasteiger partial charge in [-0.1, -0.05) is 19.8 Å². The molecule has 0 aliphatic heterocycles. The predicted octanol–water partition coefficient (Wildman–Crippen LogP) is 3.00. The molecule has 1 aromatic heterocycles. The third-order valence-corrected chi connectivity index (χ3v) is 3.52.